The number of benzene rings is 2. The second kappa shape index (κ2) is 7.70. The molecule has 1 saturated heterocycles. The summed E-state index contributed by atoms with van der Waals surface area (Å²) in [4.78, 5) is 16.0. The molecule has 0 aromatic heterocycles. The molecule has 25 heavy (non-hydrogen) atoms. The summed E-state index contributed by atoms with van der Waals surface area (Å²) < 4.78 is 31.5. The van der Waals surface area contributed by atoms with Crippen molar-refractivity contribution in [3.05, 3.63) is 59.1 Å². The minimum absolute atomic E-state index is 0.135. The van der Waals surface area contributed by atoms with Crippen LogP contribution in [0.3, 0.4) is 0 Å². The van der Waals surface area contributed by atoms with Crippen LogP contribution in [-0.2, 0) is 4.79 Å². The molecular formula is C18H17ClF2N2O2. The van der Waals surface area contributed by atoms with Crippen LogP contribution in [0.2, 0.25) is 5.02 Å². The molecule has 1 aliphatic heterocycles. The number of hydrogen-bond donors (Lipinski definition) is 0. The van der Waals surface area contributed by atoms with Crippen molar-refractivity contribution in [2.45, 2.75) is 0 Å². The summed E-state index contributed by atoms with van der Waals surface area (Å²) in [7, 11) is 0. The predicted molar refractivity (Wildman–Crippen MR) is 92.1 cm³/mol. The number of halogens is 3. The zero-order chi connectivity index (χ0) is 17.8. The van der Waals surface area contributed by atoms with Crippen LogP contribution in [0.5, 0.6) is 5.75 Å². The fourth-order valence-electron chi connectivity index (χ4n) is 2.73. The fraction of sp³-hybridized carbons (Fsp3) is 0.278. The molecule has 3 rings (SSSR count). The maximum atomic E-state index is 13.5. The highest BCUT2D eigenvalue weighted by atomic mass is 35.5. The Morgan fingerprint density at radius 1 is 1.08 bits per heavy atom. The number of anilines is 1. The van der Waals surface area contributed by atoms with Crippen molar-refractivity contribution in [1.29, 1.82) is 0 Å². The van der Waals surface area contributed by atoms with E-state index in [0.717, 1.165) is 17.8 Å². The van der Waals surface area contributed by atoms with Gasteiger partial charge in [-0.1, -0.05) is 23.7 Å². The second-order valence-corrected chi connectivity index (χ2v) is 6.09. The van der Waals surface area contributed by atoms with Gasteiger partial charge in [-0.05, 0) is 24.3 Å². The minimum Gasteiger partial charge on any atom is -0.481 e. The first-order chi connectivity index (χ1) is 12.0. The van der Waals surface area contributed by atoms with Gasteiger partial charge < -0.3 is 14.5 Å². The topological polar surface area (TPSA) is 32.8 Å². The molecule has 0 N–H and O–H groups in total. The summed E-state index contributed by atoms with van der Waals surface area (Å²) >= 11 is 6.20. The van der Waals surface area contributed by atoms with E-state index < -0.39 is 11.6 Å². The first-order valence-corrected chi connectivity index (χ1v) is 8.27. The maximum Gasteiger partial charge on any atom is 0.260 e. The lowest BCUT2D eigenvalue weighted by Gasteiger charge is -2.36. The van der Waals surface area contributed by atoms with E-state index in [9.17, 15) is 13.6 Å². The van der Waals surface area contributed by atoms with Crippen LogP contribution >= 0.6 is 11.6 Å². The third-order valence-corrected chi connectivity index (χ3v) is 4.39. The van der Waals surface area contributed by atoms with E-state index in [0.29, 0.717) is 31.2 Å². The van der Waals surface area contributed by atoms with Crippen LogP contribution in [0, 0.1) is 11.6 Å². The van der Waals surface area contributed by atoms with Crippen LogP contribution in [0.15, 0.2) is 42.5 Å². The minimum atomic E-state index is -0.823. The van der Waals surface area contributed by atoms with Crippen LogP contribution in [0.1, 0.15) is 0 Å². The molecule has 1 heterocycles. The number of carbonyl (C=O) groups excluding carboxylic acids is 1. The number of carbonyl (C=O) groups is 1. The van der Waals surface area contributed by atoms with Crippen LogP contribution in [0.4, 0.5) is 14.5 Å². The molecular weight excluding hydrogens is 350 g/mol. The summed E-state index contributed by atoms with van der Waals surface area (Å²) in [6.07, 6.45) is 0. The highest BCUT2D eigenvalue weighted by molar-refractivity contribution is 6.33. The average Bonchev–Trinajstić information content (AvgIpc) is 2.61. The number of para-hydroxylation sites is 1. The number of ether oxygens (including phenoxy) is 1. The molecule has 132 valence electrons. The summed E-state index contributed by atoms with van der Waals surface area (Å²) in [5, 5.41) is 0.678. The van der Waals surface area contributed by atoms with Crippen molar-refractivity contribution in [3.63, 3.8) is 0 Å². The number of piperazine rings is 1. The molecule has 1 fully saturated rings. The van der Waals surface area contributed by atoms with Gasteiger partial charge in [0.15, 0.2) is 18.2 Å². The van der Waals surface area contributed by atoms with E-state index in [1.807, 2.05) is 24.3 Å². The molecule has 0 saturated carbocycles. The molecule has 7 heteroatoms. The molecule has 2 aromatic rings. The zero-order valence-corrected chi connectivity index (χ0v) is 14.2. The van der Waals surface area contributed by atoms with E-state index in [2.05, 4.69) is 4.90 Å². The molecule has 0 atom stereocenters. The number of amides is 1. The van der Waals surface area contributed by atoms with E-state index in [-0.39, 0.29) is 18.3 Å². The molecule has 0 bridgehead atoms. The maximum absolute atomic E-state index is 13.5. The zero-order valence-electron chi connectivity index (χ0n) is 13.4. The molecule has 0 unspecified atom stereocenters. The van der Waals surface area contributed by atoms with Gasteiger partial charge in [0, 0.05) is 32.2 Å². The van der Waals surface area contributed by atoms with E-state index in [1.165, 1.54) is 6.07 Å². The molecule has 1 amide bonds. The Kier molecular flexibility index (Phi) is 5.38. The van der Waals surface area contributed by atoms with Crippen LogP contribution < -0.4 is 9.64 Å². The standard InChI is InChI=1S/C18H17ClF2N2O2/c19-14-3-1-2-4-16(14)22-7-9-23(10-8-22)18(24)12-25-17-6-5-13(20)11-15(17)21/h1-6,11H,7-10,12H2. The summed E-state index contributed by atoms with van der Waals surface area (Å²) in [6.45, 7) is 2.08. The average molecular weight is 367 g/mol. The van der Waals surface area contributed by atoms with Gasteiger partial charge in [0.1, 0.15) is 5.82 Å². The Bertz CT molecular complexity index is 764. The van der Waals surface area contributed by atoms with Gasteiger partial charge >= 0.3 is 0 Å². The first kappa shape index (κ1) is 17.5. The predicted octanol–water partition coefficient (Wildman–Crippen LogP) is 3.35. The van der Waals surface area contributed by atoms with Gasteiger partial charge in [-0.2, -0.15) is 0 Å². The lowest BCUT2D eigenvalue weighted by molar-refractivity contribution is -0.133. The first-order valence-electron chi connectivity index (χ1n) is 7.89. The second-order valence-electron chi connectivity index (χ2n) is 5.68. The molecule has 0 radical (unpaired) electrons. The Hall–Kier alpha value is -2.34. The van der Waals surface area contributed by atoms with Crippen molar-refractivity contribution < 1.29 is 18.3 Å². The van der Waals surface area contributed by atoms with Gasteiger partial charge in [0.05, 0.1) is 10.7 Å². The Labute approximate surface area is 149 Å². The highest BCUT2D eigenvalue weighted by Crippen LogP contribution is 2.26. The molecule has 2 aromatic carbocycles. The Balaban J connectivity index is 1.52. The Morgan fingerprint density at radius 2 is 1.80 bits per heavy atom. The normalized spacial score (nSPS) is 14.5. The van der Waals surface area contributed by atoms with Crippen molar-refractivity contribution in [2.24, 2.45) is 0 Å². The van der Waals surface area contributed by atoms with E-state index >= 15 is 0 Å². The lowest BCUT2D eigenvalue weighted by Crippen LogP contribution is -2.50. The monoisotopic (exact) mass is 366 g/mol. The SMILES string of the molecule is O=C(COc1ccc(F)cc1F)N1CCN(c2ccccc2Cl)CC1. The van der Waals surface area contributed by atoms with Crippen molar-refractivity contribution >= 4 is 23.2 Å². The summed E-state index contributed by atoms with van der Waals surface area (Å²) in [6, 6.07) is 10.6. The van der Waals surface area contributed by atoms with Crippen LogP contribution in [-0.4, -0.2) is 43.6 Å². The van der Waals surface area contributed by atoms with Crippen molar-refractivity contribution in [3.8, 4) is 5.75 Å². The van der Waals surface area contributed by atoms with Gasteiger partial charge in [-0.25, -0.2) is 8.78 Å². The van der Waals surface area contributed by atoms with E-state index in [4.69, 9.17) is 16.3 Å². The van der Waals surface area contributed by atoms with E-state index in [1.54, 1.807) is 4.90 Å². The fourth-order valence-corrected chi connectivity index (χ4v) is 2.98. The Morgan fingerprint density at radius 3 is 2.48 bits per heavy atom. The largest absolute Gasteiger partial charge is 0.481 e. The lowest BCUT2D eigenvalue weighted by atomic mass is 10.2. The molecule has 1 aliphatic rings. The summed E-state index contributed by atoms with van der Waals surface area (Å²) in [5.74, 6) is -1.88. The summed E-state index contributed by atoms with van der Waals surface area (Å²) in [5.41, 5.74) is 0.945. The van der Waals surface area contributed by atoms with Crippen molar-refractivity contribution in [1.82, 2.24) is 4.90 Å². The number of nitrogens with zero attached hydrogens (tertiary/aromatic N) is 2. The molecule has 0 aliphatic carbocycles. The smallest absolute Gasteiger partial charge is 0.260 e. The van der Waals surface area contributed by atoms with Gasteiger partial charge in [0.25, 0.3) is 5.91 Å². The number of hydrogen-bond acceptors (Lipinski definition) is 3. The van der Waals surface area contributed by atoms with Gasteiger partial charge in [0.2, 0.25) is 0 Å². The molecule has 4 nitrogen and oxygen atoms in total. The van der Waals surface area contributed by atoms with Crippen LogP contribution in [0.25, 0.3) is 0 Å². The van der Waals surface area contributed by atoms with Crippen molar-refractivity contribution in [2.75, 3.05) is 37.7 Å². The third-order valence-electron chi connectivity index (χ3n) is 4.07. The third kappa shape index (κ3) is 4.20. The number of rotatable bonds is 4. The molecule has 0 spiro atoms. The van der Waals surface area contributed by atoms with Gasteiger partial charge in [-0.3, -0.25) is 4.79 Å². The highest BCUT2D eigenvalue weighted by Gasteiger charge is 2.22. The quantitative estimate of drug-likeness (QED) is 0.832. The van der Waals surface area contributed by atoms with Gasteiger partial charge in [-0.15, -0.1) is 0 Å².